The van der Waals surface area contributed by atoms with Crippen LogP contribution in [0.5, 0.6) is 11.5 Å². The van der Waals surface area contributed by atoms with Crippen molar-refractivity contribution in [2.45, 2.75) is 13.2 Å². The Bertz CT molecular complexity index is 1070. The third-order valence-corrected chi connectivity index (χ3v) is 4.87. The molecule has 0 heterocycles. The van der Waals surface area contributed by atoms with Crippen molar-refractivity contribution in [1.82, 2.24) is 10.2 Å². The number of methoxy groups -OCH3 is 1. The largest absolute Gasteiger partial charge is 0.493 e. The summed E-state index contributed by atoms with van der Waals surface area (Å²) in [6.45, 7) is 0.772. The lowest BCUT2D eigenvalue weighted by molar-refractivity contribution is 0.0743. The quantitative estimate of drug-likeness (QED) is 0.478. The van der Waals surface area contributed by atoms with Crippen LogP contribution >= 0.6 is 0 Å². The van der Waals surface area contributed by atoms with Crippen LogP contribution in [0.1, 0.15) is 21.5 Å². The topological polar surface area (TPSA) is 88.1 Å². The van der Waals surface area contributed by atoms with E-state index in [9.17, 15) is 14.0 Å². The zero-order valence-corrected chi connectivity index (χ0v) is 18.2. The van der Waals surface area contributed by atoms with E-state index in [1.807, 2.05) is 36.4 Å². The number of nitrogens with one attached hydrogen (secondary N) is 1. The molecule has 0 spiro atoms. The van der Waals surface area contributed by atoms with Crippen molar-refractivity contribution in [2.24, 2.45) is 0 Å². The normalized spacial score (nSPS) is 10.4. The predicted octanol–water partition coefficient (Wildman–Crippen LogP) is 4.32. The highest BCUT2D eigenvalue weighted by Gasteiger charge is 2.18. The molecule has 0 aliphatic heterocycles. The first-order valence-electron chi connectivity index (χ1n) is 10.3. The Labute approximate surface area is 191 Å². The summed E-state index contributed by atoms with van der Waals surface area (Å²) in [5.41, 5.74) is 2.09. The van der Waals surface area contributed by atoms with Crippen LogP contribution in [0.25, 0.3) is 0 Å². The number of halogens is 1. The SMILES string of the molecule is COc1cc(CN(CCNC(=O)O)C(=O)c2ccc(F)cc2)ccc1OCc1ccccc1. The summed E-state index contributed by atoms with van der Waals surface area (Å²) in [6, 6.07) is 20.3. The van der Waals surface area contributed by atoms with E-state index in [2.05, 4.69) is 5.32 Å². The lowest BCUT2D eigenvalue weighted by atomic mass is 10.1. The van der Waals surface area contributed by atoms with Gasteiger partial charge >= 0.3 is 6.09 Å². The van der Waals surface area contributed by atoms with Gasteiger partial charge in [0.15, 0.2) is 11.5 Å². The summed E-state index contributed by atoms with van der Waals surface area (Å²) < 4.78 is 24.6. The highest BCUT2D eigenvalue weighted by molar-refractivity contribution is 5.94. The van der Waals surface area contributed by atoms with Crippen molar-refractivity contribution in [2.75, 3.05) is 20.2 Å². The lowest BCUT2D eigenvalue weighted by Gasteiger charge is -2.23. The predicted molar refractivity (Wildman–Crippen MR) is 121 cm³/mol. The Hall–Kier alpha value is -4.07. The lowest BCUT2D eigenvalue weighted by Crippen LogP contribution is -2.37. The molecule has 7 nitrogen and oxygen atoms in total. The van der Waals surface area contributed by atoms with Gasteiger partial charge in [-0.2, -0.15) is 0 Å². The van der Waals surface area contributed by atoms with Crippen LogP contribution in [0.2, 0.25) is 0 Å². The molecule has 3 aromatic carbocycles. The number of carbonyl (C=O) groups is 2. The second-order valence-corrected chi connectivity index (χ2v) is 7.23. The second-order valence-electron chi connectivity index (χ2n) is 7.23. The van der Waals surface area contributed by atoms with E-state index in [1.54, 1.807) is 12.1 Å². The molecule has 172 valence electrons. The first-order valence-corrected chi connectivity index (χ1v) is 10.3. The van der Waals surface area contributed by atoms with Crippen molar-refractivity contribution >= 4 is 12.0 Å². The zero-order valence-electron chi connectivity index (χ0n) is 18.2. The van der Waals surface area contributed by atoms with E-state index in [-0.39, 0.29) is 25.5 Å². The summed E-state index contributed by atoms with van der Waals surface area (Å²) >= 11 is 0. The highest BCUT2D eigenvalue weighted by Crippen LogP contribution is 2.29. The minimum absolute atomic E-state index is 0.0532. The van der Waals surface area contributed by atoms with Gasteiger partial charge in [-0.1, -0.05) is 36.4 Å². The molecule has 0 aliphatic rings. The van der Waals surface area contributed by atoms with E-state index < -0.39 is 11.9 Å². The van der Waals surface area contributed by atoms with Gasteiger partial charge in [-0.15, -0.1) is 0 Å². The van der Waals surface area contributed by atoms with Crippen LogP contribution in [0.15, 0.2) is 72.8 Å². The van der Waals surface area contributed by atoms with Gasteiger partial charge in [-0.3, -0.25) is 4.79 Å². The third-order valence-electron chi connectivity index (χ3n) is 4.87. The van der Waals surface area contributed by atoms with Gasteiger partial charge in [0.1, 0.15) is 12.4 Å². The molecule has 8 heteroatoms. The number of rotatable bonds is 10. The average molecular weight is 452 g/mol. The fraction of sp³-hybridized carbons (Fsp3) is 0.200. The molecule has 0 aromatic heterocycles. The minimum Gasteiger partial charge on any atom is -0.493 e. The van der Waals surface area contributed by atoms with Crippen LogP contribution in [-0.2, 0) is 13.2 Å². The van der Waals surface area contributed by atoms with E-state index in [4.69, 9.17) is 14.6 Å². The summed E-state index contributed by atoms with van der Waals surface area (Å²) in [7, 11) is 1.53. The summed E-state index contributed by atoms with van der Waals surface area (Å²) in [5.74, 6) is 0.294. The van der Waals surface area contributed by atoms with Gasteiger partial charge in [0.25, 0.3) is 5.91 Å². The maximum absolute atomic E-state index is 13.3. The number of amides is 2. The third kappa shape index (κ3) is 6.96. The van der Waals surface area contributed by atoms with Crippen LogP contribution in [0.3, 0.4) is 0 Å². The Morgan fingerprint density at radius 1 is 0.970 bits per heavy atom. The van der Waals surface area contributed by atoms with Crippen molar-refractivity contribution in [3.63, 3.8) is 0 Å². The van der Waals surface area contributed by atoms with Gasteiger partial charge < -0.3 is 24.8 Å². The molecule has 0 radical (unpaired) electrons. The van der Waals surface area contributed by atoms with E-state index in [0.29, 0.717) is 23.7 Å². The van der Waals surface area contributed by atoms with Gasteiger partial charge in [0.05, 0.1) is 7.11 Å². The van der Waals surface area contributed by atoms with E-state index in [1.165, 1.54) is 36.3 Å². The highest BCUT2D eigenvalue weighted by atomic mass is 19.1. The molecular formula is C25H25FN2O5. The van der Waals surface area contributed by atoms with Crippen molar-refractivity contribution in [1.29, 1.82) is 0 Å². The van der Waals surface area contributed by atoms with Crippen molar-refractivity contribution < 1.29 is 28.6 Å². The standard InChI is InChI=1S/C25H25FN2O5/c1-32-23-15-19(7-12-22(23)33-17-18-5-3-2-4-6-18)16-28(14-13-27-25(30)31)24(29)20-8-10-21(26)11-9-20/h2-12,15,27H,13-14,16-17H2,1H3,(H,30,31). The molecular weight excluding hydrogens is 427 g/mol. The second kappa shape index (κ2) is 11.5. The number of hydrogen-bond donors (Lipinski definition) is 2. The van der Waals surface area contributed by atoms with E-state index >= 15 is 0 Å². The number of ether oxygens (including phenoxy) is 2. The number of carboxylic acid groups (broad SMARTS) is 1. The van der Waals surface area contributed by atoms with Crippen molar-refractivity contribution in [3.05, 3.63) is 95.3 Å². The minimum atomic E-state index is -1.18. The molecule has 0 atom stereocenters. The molecule has 2 N–H and O–H groups in total. The van der Waals surface area contributed by atoms with Gasteiger partial charge in [0.2, 0.25) is 0 Å². The number of nitrogens with zero attached hydrogens (tertiary/aromatic N) is 1. The molecule has 0 fully saturated rings. The molecule has 0 saturated heterocycles. The smallest absolute Gasteiger partial charge is 0.404 e. The van der Waals surface area contributed by atoms with Crippen LogP contribution in [-0.4, -0.2) is 42.2 Å². The fourth-order valence-corrected chi connectivity index (χ4v) is 3.21. The molecule has 2 amide bonds. The first kappa shape index (κ1) is 23.6. The monoisotopic (exact) mass is 452 g/mol. The fourth-order valence-electron chi connectivity index (χ4n) is 3.21. The first-order chi connectivity index (χ1) is 16.0. The molecule has 0 bridgehead atoms. The Kier molecular flexibility index (Phi) is 8.24. The maximum Gasteiger partial charge on any atom is 0.404 e. The molecule has 0 saturated carbocycles. The summed E-state index contributed by atoms with van der Waals surface area (Å²) in [6.07, 6.45) is -1.18. The summed E-state index contributed by atoms with van der Waals surface area (Å²) in [4.78, 5) is 25.3. The Morgan fingerprint density at radius 3 is 2.36 bits per heavy atom. The molecule has 0 aliphatic carbocycles. The van der Waals surface area contributed by atoms with Gasteiger partial charge in [-0.05, 0) is 47.5 Å². The van der Waals surface area contributed by atoms with Crippen LogP contribution < -0.4 is 14.8 Å². The molecule has 3 rings (SSSR count). The van der Waals surface area contributed by atoms with Crippen molar-refractivity contribution in [3.8, 4) is 11.5 Å². The number of hydrogen-bond acceptors (Lipinski definition) is 4. The van der Waals surface area contributed by atoms with Crippen LogP contribution in [0, 0.1) is 5.82 Å². The zero-order chi connectivity index (χ0) is 23.6. The molecule has 0 unspecified atom stereocenters. The number of carbonyl (C=O) groups excluding carboxylic acids is 1. The Balaban J connectivity index is 1.75. The number of benzene rings is 3. The van der Waals surface area contributed by atoms with Gasteiger partial charge in [0, 0.05) is 25.2 Å². The maximum atomic E-state index is 13.3. The average Bonchev–Trinajstić information content (AvgIpc) is 2.83. The Morgan fingerprint density at radius 2 is 1.70 bits per heavy atom. The van der Waals surface area contributed by atoms with Crippen LogP contribution in [0.4, 0.5) is 9.18 Å². The van der Waals surface area contributed by atoms with Gasteiger partial charge in [-0.25, -0.2) is 9.18 Å². The molecule has 33 heavy (non-hydrogen) atoms. The molecule has 3 aromatic rings. The van der Waals surface area contributed by atoms with E-state index in [0.717, 1.165) is 11.1 Å². The summed E-state index contributed by atoms with van der Waals surface area (Å²) in [5, 5.41) is 11.1.